The van der Waals surface area contributed by atoms with E-state index in [1.165, 1.54) is 0 Å². The second kappa shape index (κ2) is 17.5. The van der Waals surface area contributed by atoms with Gasteiger partial charge in [-0.05, 0) is 87.5 Å². The zero-order chi connectivity index (χ0) is 34.9. The van der Waals surface area contributed by atoms with Crippen LogP contribution in [-0.4, -0.2) is 96.0 Å². The van der Waals surface area contributed by atoms with Crippen molar-refractivity contribution in [2.45, 2.75) is 63.6 Å². The van der Waals surface area contributed by atoms with E-state index in [0.29, 0.717) is 24.7 Å². The molecular weight excluding hydrogens is 659 g/mol. The summed E-state index contributed by atoms with van der Waals surface area (Å²) < 4.78 is 35.1. The molecule has 0 spiro atoms. The van der Waals surface area contributed by atoms with Gasteiger partial charge in [0.2, 0.25) is 0 Å². The quantitative estimate of drug-likeness (QED) is 0.137. The van der Waals surface area contributed by atoms with Gasteiger partial charge in [0.25, 0.3) is 0 Å². The smallest absolute Gasteiger partial charge is 0.494 e. The molecule has 2 N–H and O–H groups in total. The predicted molar refractivity (Wildman–Crippen MR) is 192 cm³/mol. The maximum atomic E-state index is 12.8. The Labute approximate surface area is 293 Å². The van der Waals surface area contributed by atoms with Gasteiger partial charge in [0.1, 0.15) is 59.0 Å². The first-order valence-corrected chi connectivity index (χ1v) is 18.7. The van der Waals surface area contributed by atoms with Crippen LogP contribution in [0.1, 0.15) is 51.4 Å². The third kappa shape index (κ3) is 8.58. The molecule has 2 aliphatic rings. The summed E-state index contributed by atoms with van der Waals surface area (Å²) in [5.74, 6) is 4.21. The summed E-state index contributed by atoms with van der Waals surface area (Å²) >= 11 is 0. The number of ether oxygens (including phenoxy) is 2. The molecule has 0 amide bonds. The molecule has 2 aromatic carbocycles. The Kier molecular flexibility index (Phi) is 12.6. The molecule has 4 aromatic rings. The van der Waals surface area contributed by atoms with Crippen molar-refractivity contribution >= 4 is 41.7 Å². The molecule has 4 heterocycles. The van der Waals surface area contributed by atoms with Crippen LogP contribution >= 0.6 is 8.25 Å². The molecule has 2 aliphatic heterocycles. The number of aliphatic hydroxyl groups is 2. The summed E-state index contributed by atoms with van der Waals surface area (Å²) in [5.41, 5.74) is 1.61. The van der Waals surface area contributed by atoms with E-state index < -0.39 is 20.5 Å². The van der Waals surface area contributed by atoms with Crippen LogP contribution < -0.4 is 19.3 Å². The summed E-state index contributed by atoms with van der Waals surface area (Å²) in [7, 11) is 0.810. The molecule has 0 radical (unpaired) electrons. The molecular formula is C36H48N6O7P+. The van der Waals surface area contributed by atoms with E-state index in [9.17, 15) is 14.8 Å². The number of hydrogen-bond acceptors (Lipinski definition) is 13. The first kappa shape index (κ1) is 36.1. The Morgan fingerprint density at radius 3 is 1.50 bits per heavy atom. The first-order valence-electron chi connectivity index (χ1n) is 17.6. The number of nitrogens with zero attached hydrogens (tertiary/aromatic N) is 6. The molecule has 2 saturated heterocycles. The number of piperidine rings is 2. The monoisotopic (exact) mass is 707 g/mol. The van der Waals surface area contributed by atoms with Crippen molar-refractivity contribution < 1.29 is 33.3 Å². The molecule has 6 rings (SSSR count). The molecule has 0 aliphatic carbocycles. The number of hydrogen-bond donors (Lipinski definition) is 2. The van der Waals surface area contributed by atoms with E-state index in [-0.39, 0.29) is 13.2 Å². The summed E-state index contributed by atoms with van der Waals surface area (Å²) in [6, 6.07) is 11.8. The van der Waals surface area contributed by atoms with Gasteiger partial charge < -0.3 is 29.5 Å². The van der Waals surface area contributed by atoms with Crippen LogP contribution in [0.3, 0.4) is 0 Å². The first-order chi connectivity index (χ1) is 24.5. The maximum absolute atomic E-state index is 12.8. The third-order valence-corrected chi connectivity index (χ3v) is 11.1. The van der Waals surface area contributed by atoms with Crippen LogP contribution in [-0.2, 0) is 13.6 Å². The molecule has 14 heteroatoms. The average Bonchev–Trinajstić information content (AvgIpc) is 3.17. The molecule has 2 aromatic heterocycles. The highest BCUT2D eigenvalue weighted by molar-refractivity contribution is 7.33. The van der Waals surface area contributed by atoms with Gasteiger partial charge in [-0.2, -0.15) is 0 Å². The Morgan fingerprint density at radius 1 is 0.700 bits per heavy atom. The molecule has 2 atom stereocenters. The number of para-hydroxylation sites is 2. The fourth-order valence-electron chi connectivity index (χ4n) is 7.26. The van der Waals surface area contributed by atoms with E-state index in [4.69, 9.17) is 18.5 Å². The number of aromatic nitrogens is 4. The normalized spacial score (nSPS) is 17.6. The van der Waals surface area contributed by atoms with Gasteiger partial charge in [-0.1, -0.05) is 12.1 Å². The lowest BCUT2D eigenvalue weighted by Gasteiger charge is -2.33. The van der Waals surface area contributed by atoms with Gasteiger partial charge in [-0.3, -0.25) is 0 Å². The van der Waals surface area contributed by atoms with Crippen molar-refractivity contribution in [2.24, 2.45) is 11.8 Å². The number of fused-ring (bicyclic) bond motifs is 2. The van der Waals surface area contributed by atoms with Crippen molar-refractivity contribution in [1.82, 2.24) is 19.9 Å². The topological polar surface area (TPSA) is 152 Å². The van der Waals surface area contributed by atoms with Gasteiger partial charge in [-0.25, -0.2) is 19.9 Å². The molecule has 2 fully saturated rings. The average molecular weight is 708 g/mol. The van der Waals surface area contributed by atoms with E-state index >= 15 is 0 Å². The van der Waals surface area contributed by atoms with Crippen LogP contribution in [0, 0.1) is 11.8 Å². The van der Waals surface area contributed by atoms with Gasteiger partial charge >= 0.3 is 8.25 Å². The molecule has 268 valence electrons. The lowest BCUT2D eigenvalue weighted by molar-refractivity contribution is 0.0549. The predicted octanol–water partition coefficient (Wildman–Crippen LogP) is 5.70. The summed E-state index contributed by atoms with van der Waals surface area (Å²) in [4.78, 5) is 22.6. The van der Waals surface area contributed by atoms with Crippen LogP contribution in [0.5, 0.6) is 11.5 Å². The highest BCUT2D eigenvalue weighted by Crippen LogP contribution is 2.36. The van der Waals surface area contributed by atoms with Crippen LogP contribution in [0.25, 0.3) is 21.8 Å². The molecule has 0 bridgehead atoms. The highest BCUT2D eigenvalue weighted by Gasteiger charge is 2.33. The van der Waals surface area contributed by atoms with E-state index in [1.807, 2.05) is 36.4 Å². The van der Waals surface area contributed by atoms with Crippen molar-refractivity contribution in [3.63, 3.8) is 0 Å². The second-order valence-electron chi connectivity index (χ2n) is 13.2. The Hall–Kier alpha value is -3.74. The van der Waals surface area contributed by atoms with Crippen molar-refractivity contribution in [3.05, 3.63) is 49.1 Å². The zero-order valence-electron chi connectivity index (χ0n) is 28.9. The van der Waals surface area contributed by atoms with Gasteiger partial charge in [0.15, 0.2) is 0 Å². The Balaban J connectivity index is 0.912. The largest absolute Gasteiger partial charge is 0.698 e. The molecule has 13 nitrogen and oxygen atoms in total. The minimum Gasteiger partial charge on any atom is -0.494 e. The van der Waals surface area contributed by atoms with Crippen molar-refractivity contribution in [1.29, 1.82) is 0 Å². The number of aliphatic hydroxyl groups excluding tert-OH is 2. The van der Waals surface area contributed by atoms with E-state index in [0.717, 1.165) is 110 Å². The van der Waals surface area contributed by atoms with Crippen molar-refractivity contribution in [3.8, 4) is 11.5 Å². The van der Waals surface area contributed by atoms with Gasteiger partial charge in [0, 0.05) is 41.5 Å². The molecule has 0 saturated carbocycles. The lowest BCUT2D eigenvalue weighted by atomic mass is 9.91. The minimum atomic E-state index is -2.48. The highest BCUT2D eigenvalue weighted by atomic mass is 31.1. The summed E-state index contributed by atoms with van der Waals surface area (Å²) in [5, 5.41) is 21.9. The number of methoxy groups -OCH3 is 2. The Morgan fingerprint density at radius 2 is 1.12 bits per heavy atom. The standard InChI is InChI=1S/C36H48N6O7P/c1-46-31-7-3-5-29-33(31)37-23-39-35(29)41-17-13-25(14-18-41)9-11-27(21-43)48-50(45)49-28(22-44)12-10-26-15-19-42(20-16-26)36-30-6-4-8-32(47-2)34(30)38-24-40-36/h3-8,23-28,43-44H,9-22H2,1-2H3/q+1. The van der Waals surface area contributed by atoms with E-state index in [1.54, 1.807) is 26.9 Å². The molecule has 50 heavy (non-hydrogen) atoms. The van der Waals surface area contributed by atoms with Crippen LogP contribution in [0.2, 0.25) is 0 Å². The van der Waals surface area contributed by atoms with Crippen molar-refractivity contribution in [2.75, 3.05) is 63.4 Å². The summed E-state index contributed by atoms with van der Waals surface area (Å²) in [6.07, 6.45) is 8.77. The van der Waals surface area contributed by atoms with E-state index in [2.05, 4.69) is 29.7 Å². The fourth-order valence-corrected chi connectivity index (χ4v) is 8.14. The minimum absolute atomic E-state index is 0.241. The third-order valence-electron chi connectivity index (χ3n) is 10.2. The number of anilines is 2. The lowest BCUT2D eigenvalue weighted by Crippen LogP contribution is -2.35. The maximum Gasteiger partial charge on any atom is 0.698 e. The number of rotatable bonds is 16. The zero-order valence-corrected chi connectivity index (χ0v) is 29.8. The molecule has 2 unspecified atom stereocenters. The fraction of sp³-hybridized carbons (Fsp3) is 0.556. The Bertz CT molecular complexity index is 1590. The van der Waals surface area contributed by atoms with Gasteiger partial charge in [-0.15, -0.1) is 9.05 Å². The summed E-state index contributed by atoms with van der Waals surface area (Å²) in [6.45, 7) is 2.96. The van der Waals surface area contributed by atoms with Crippen LogP contribution in [0.4, 0.5) is 11.6 Å². The van der Waals surface area contributed by atoms with Gasteiger partial charge in [0.05, 0.1) is 27.4 Å². The van der Waals surface area contributed by atoms with Crippen LogP contribution in [0.15, 0.2) is 49.1 Å². The number of benzene rings is 2. The second-order valence-corrected chi connectivity index (χ2v) is 14.0. The SMILES string of the molecule is COc1cccc2c(N3CCC(CCC(CO)O[P+](=O)OC(CO)CCC4CCN(c5ncnc6c(OC)cccc56)CC4)CC3)ncnc12.